The van der Waals surface area contributed by atoms with Gasteiger partial charge >= 0.3 is 12.4 Å². The first-order chi connectivity index (χ1) is 15.0. The standard InChI is InChI=1S/C19H17F6NO2.CH4S.H3NS/c20-18(21,22)12-13-2-6-15(7-3-13)27-10-1-11-28-16-8-4-14(5-9-16)17(26)19(23,24)25;2*1-2/h2-9,26H,1,10-12H2;2H,1H3;2H,1H2. The molecule has 2 aromatic rings. The van der Waals surface area contributed by atoms with Crippen LogP contribution in [0, 0.1) is 5.41 Å². The fourth-order valence-corrected chi connectivity index (χ4v) is 2.26. The monoisotopic (exact) mass is 502 g/mol. The smallest absolute Gasteiger partial charge is 0.433 e. The van der Waals surface area contributed by atoms with Crippen LogP contribution in [0.3, 0.4) is 0 Å². The molecule has 0 amide bonds. The van der Waals surface area contributed by atoms with Gasteiger partial charge in [0.15, 0.2) is 0 Å². The minimum atomic E-state index is -4.70. The van der Waals surface area contributed by atoms with Crippen molar-refractivity contribution >= 4 is 31.2 Å². The molecule has 0 radical (unpaired) electrons. The van der Waals surface area contributed by atoms with Crippen LogP contribution < -0.4 is 14.6 Å². The summed E-state index contributed by atoms with van der Waals surface area (Å²) < 4.78 is 84.9. The molecule has 0 unspecified atom stereocenters. The number of hydrogen-bond acceptors (Lipinski definition) is 6. The Balaban J connectivity index is 0.00000227. The molecule has 180 valence electrons. The molecule has 2 rings (SSSR count). The van der Waals surface area contributed by atoms with Gasteiger partial charge in [0.2, 0.25) is 0 Å². The van der Waals surface area contributed by atoms with Crippen molar-refractivity contribution in [1.82, 2.24) is 0 Å². The Morgan fingerprint density at radius 2 is 1.22 bits per heavy atom. The van der Waals surface area contributed by atoms with Gasteiger partial charge < -0.3 is 9.47 Å². The van der Waals surface area contributed by atoms with Gasteiger partial charge in [0.05, 0.1) is 19.6 Å². The molecule has 0 atom stereocenters. The molecule has 12 heteroatoms. The van der Waals surface area contributed by atoms with E-state index >= 15 is 0 Å². The highest BCUT2D eigenvalue weighted by atomic mass is 32.1. The van der Waals surface area contributed by atoms with Crippen molar-refractivity contribution in [1.29, 1.82) is 5.41 Å². The van der Waals surface area contributed by atoms with Gasteiger partial charge in [-0.1, -0.05) is 12.1 Å². The van der Waals surface area contributed by atoms with Gasteiger partial charge in [-0.15, -0.1) is 12.8 Å². The molecule has 3 N–H and O–H groups in total. The van der Waals surface area contributed by atoms with Gasteiger partial charge in [-0.2, -0.15) is 39.0 Å². The lowest BCUT2D eigenvalue weighted by Crippen LogP contribution is -2.22. The first-order valence-electron chi connectivity index (χ1n) is 8.92. The largest absolute Gasteiger partial charge is 0.493 e. The number of nitrogens with one attached hydrogen (secondary N) is 1. The Hall–Kier alpha value is -2.05. The molecule has 0 saturated carbocycles. The van der Waals surface area contributed by atoms with E-state index in [9.17, 15) is 26.3 Å². The first-order valence-corrected chi connectivity index (χ1v) is 10.3. The van der Waals surface area contributed by atoms with Crippen LogP contribution in [-0.2, 0) is 6.42 Å². The maximum atomic E-state index is 12.4. The number of ether oxygens (including phenoxy) is 2. The predicted molar refractivity (Wildman–Crippen MR) is 119 cm³/mol. The van der Waals surface area contributed by atoms with E-state index in [0.29, 0.717) is 17.9 Å². The molecule has 0 spiro atoms. The van der Waals surface area contributed by atoms with Gasteiger partial charge in [0.25, 0.3) is 0 Å². The Morgan fingerprint density at radius 3 is 1.59 bits per heavy atom. The Kier molecular flexibility index (Phi) is 14.0. The number of rotatable bonds is 8. The van der Waals surface area contributed by atoms with Crippen LogP contribution in [-0.4, -0.2) is 37.5 Å². The number of hydrogen-bond donors (Lipinski definition) is 4. The predicted octanol–water partition coefficient (Wildman–Crippen LogP) is 5.91. The summed E-state index contributed by atoms with van der Waals surface area (Å²) >= 11 is 6.56. The van der Waals surface area contributed by atoms with Gasteiger partial charge in [-0.05, 0) is 48.2 Å². The van der Waals surface area contributed by atoms with E-state index in [1.54, 1.807) is 6.26 Å². The lowest BCUT2D eigenvalue weighted by atomic mass is 10.1. The fraction of sp³-hybridized carbons (Fsp3) is 0.350. The molecular weight excluding hydrogens is 478 g/mol. The zero-order valence-corrected chi connectivity index (χ0v) is 18.8. The number of halogens is 6. The highest BCUT2D eigenvalue weighted by molar-refractivity contribution is 7.79. The summed E-state index contributed by atoms with van der Waals surface area (Å²) in [5, 5.41) is 11.2. The number of thiol groups is 2. The van der Waals surface area contributed by atoms with Crippen molar-refractivity contribution in [3.05, 3.63) is 59.7 Å². The Morgan fingerprint density at radius 1 is 0.812 bits per heavy atom. The molecule has 0 bridgehead atoms. The number of nitrogens with two attached hydrogens (primary N) is 1. The maximum absolute atomic E-state index is 12.4. The Bertz CT molecular complexity index is 783. The molecule has 0 heterocycles. The molecule has 0 fully saturated rings. The molecule has 0 aliphatic carbocycles. The second-order valence-electron chi connectivity index (χ2n) is 5.88. The molecule has 0 aromatic heterocycles. The van der Waals surface area contributed by atoms with Crippen molar-refractivity contribution in [3.63, 3.8) is 0 Å². The summed E-state index contributed by atoms with van der Waals surface area (Å²) in [4.78, 5) is 0. The summed E-state index contributed by atoms with van der Waals surface area (Å²) in [6.45, 7) is 0.498. The average Bonchev–Trinajstić information content (AvgIpc) is 2.76. The van der Waals surface area contributed by atoms with E-state index in [4.69, 9.17) is 14.9 Å². The van der Waals surface area contributed by atoms with Gasteiger partial charge in [0.1, 0.15) is 17.2 Å². The summed E-state index contributed by atoms with van der Waals surface area (Å²) in [6, 6.07) is 10.6. The highest BCUT2D eigenvalue weighted by Crippen LogP contribution is 2.24. The minimum absolute atomic E-state index is 0.144. The normalized spacial score (nSPS) is 10.8. The third-order valence-electron chi connectivity index (χ3n) is 3.58. The summed E-state index contributed by atoms with van der Waals surface area (Å²) in [6.07, 6.45) is -7.80. The number of alkyl halides is 6. The summed E-state index contributed by atoms with van der Waals surface area (Å²) in [5.74, 6) is 0.788. The van der Waals surface area contributed by atoms with E-state index in [0.717, 1.165) is 12.1 Å². The first kappa shape index (κ1) is 30.0. The topological polar surface area (TPSA) is 68.3 Å². The van der Waals surface area contributed by atoms with Crippen molar-refractivity contribution in [2.45, 2.75) is 25.2 Å². The molecule has 0 saturated heterocycles. The number of benzene rings is 2. The van der Waals surface area contributed by atoms with Crippen LogP contribution in [0.25, 0.3) is 0 Å². The van der Waals surface area contributed by atoms with Crippen LogP contribution in [0.5, 0.6) is 11.5 Å². The van der Waals surface area contributed by atoms with E-state index < -0.39 is 24.5 Å². The molecule has 2 aromatic carbocycles. The van der Waals surface area contributed by atoms with Crippen molar-refractivity contribution in [3.8, 4) is 11.5 Å². The molecule has 0 aliphatic rings. The zero-order valence-electron chi connectivity index (χ0n) is 17.0. The van der Waals surface area contributed by atoms with E-state index in [1.807, 2.05) is 0 Å². The summed E-state index contributed by atoms with van der Waals surface area (Å²) in [5.41, 5.74) is -1.53. The highest BCUT2D eigenvalue weighted by Gasteiger charge is 2.35. The minimum Gasteiger partial charge on any atom is -0.493 e. The summed E-state index contributed by atoms with van der Waals surface area (Å²) in [7, 11) is 0. The van der Waals surface area contributed by atoms with E-state index in [2.05, 4.69) is 30.6 Å². The van der Waals surface area contributed by atoms with Crippen molar-refractivity contribution < 1.29 is 35.8 Å². The van der Waals surface area contributed by atoms with Crippen molar-refractivity contribution in [2.24, 2.45) is 5.14 Å². The van der Waals surface area contributed by atoms with E-state index in [-0.39, 0.29) is 24.3 Å². The van der Waals surface area contributed by atoms with Crippen LogP contribution >= 0.6 is 25.4 Å². The van der Waals surface area contributed by atoms with Crippen LogP contribution in [0.15, 0.2) is 48.5 Å². The average molecular weight is 503 g/mol. The fourth-order valence-electron chi connectivity index (χ4n) is 2.26. The lowest BCUT2D eigenvalue weighted by Gasteiger charge is -2.11. The molecule has 0 aliphatic heterocycles. The third-order valence-corrected chi connectivity index (χ3v) is 3.58. The second-order valence-corrected chi connectivity index (χ2v) is 5.88. The maximum Gasteiger partial charge on any atom is 0.433 e. The van der Waals surface area contributed by atoms with Crippen LogP contribution in [0.4, 0.5) is 26.3 Å². The lowest BCUT2D eigenvalue weighted by molar-refractivity contribution is -0.127. The van der Waals surface area contributed by atoms with Crippen molar-refractivity contribution in [2.75, 3.05) is 19.5 Å². The second kappa shape index (κ2) is 14.9. The third kappa shape index (κ3) is 12.1. The molecular formula is C20H24F6N2O2S2. The zero-order chi connectivity index (χ0) is 24.8. The van der Waals surface area contributed by atoms with Gasteiger partial charge in [-0.3, -0.25) is 10.5 Å². The Labute approximate surface area is 193 Å². The van der Waals surface area contributed by atoms with E-state index in [1.165, 1.54) is 36.4 Å². The SMILES string of the molecule is CS.N=C(c1ccc(OCCCOc2ccc(CC(F)(F)F)cc2)cc1)C(F)(F)F.NS. The molecule has 4 nitrogen and oxygen atoms in total. The van der Waals surface area contributed by atoms with Crippen LogP contribution in [0.1, 0.15) is 17.5 Å². The molecule has 32 heavy (non-hydrogen) atoms. The van der Waals surface area contributed by atoms with Crippen LogP contribution in [0.2, 0.25) is 0 Å². The van der Waals surface area contributed by atoms with Gasteiger partial charge in [0, 0.05) is 12.0 Å². The quantitative estimate of drug-likeness (QED) is 0.157. The van der Waals surface area contributed by atoms with Gasteiger partial charge in [-0.25, -0.2) is 0 Å².